The van der Waals surface area contributed by atoms with Crippen LogP contribution in [-0.4, -0.2) is 10.6 Å². The lowest BCUT2D eigenvalue weighted by Gasteiger charge is -2.21. The van der Waals surface area contributed by atoms with Crippen molar-refractivity contribution in [2.24, 2.45) is 0 Å². The molecular formula is C24H29ClN2. The number of fused-ring (bicyclic) bond motifs is 1. The summed E-state index contributed by atoms with van der Waals surface area (Å²) in [6.45, 7) is 1.83. The molecule has 0 radical (unpaired) electrons. The van der Waals surface area contributed by atoms with Crippen molar-refractivity contribution >= 4 is 22.5 Å². The number of para-hydroxylation sites is 1. The smallest absolute Gasteiger partial charge is 0.0486 e. The molecule has 1 fully saturated rings. The molecule has 0 aliphatic heterocycles. The van der Waals surface area contributed by atoms with Crippen LogP contribution in [0.5, 0.6) is 0 Å². The Labute approximate surface area is 167 Å². The zero-order valence-electron chi connectivity index (χ0n) is 16.0. The van der Waals surface area contributed by atoms with E-state index in [1.807, 2.05) is 12.1 Å². The van der Waals surface area contributed by atoms with Gasteiger partial charge in [-0.05, 0) is 42.2 Å². The van der Waals surface area contributed by atoms with Crippen molar-refractivity contribution in [2.45, 2.75) is 64.1 Å². The summed E-state index contributed by atoms with van der Waals surface area (Å²) in [5.41, 5.74) is 3.99. The lowest BCUT2D eigenvalue weighted by Crippen LogP contribution is -2.29. The molecule has 142 valence electrons. The van der Waals surface area contributed by atoms with Crippen LogP contribution >= 0.6 is 11.6 Å². The van der Waals surface area contributed by atoms with Gasteiger partial charge in [0, 0.05) is 41.3 Å². The van der Waals surface area contributed by atoms with Crippen LogP contribution in [0.25, 0.3) is 10.9 Å². The first-order valence-corrected chi connectivity index (χ1v) is 10.7. The molecule has 0 saturated heterocycles. The lowest BCUT2D eigenvalue weighted by atomic mass is 9.96. The van der Waals surface area contributed by atoms with Gasteiger partial charge < -0.3 is 9.88 Å². The number of aromatic nitrogens is 1. The summed E-state index contributed by atoms with van der Waals surface area (Å²) in [5, 5.41) is 6.01. The number of halogens is 1. The minimum atomic E-state index is 0.670. The summed E-state index contributed by atoms with van der Waals surface area (Å²) in [4.78, 5) is 0. The second kappa shape index (κ2) is 8.95. The molecule has 0 amide bonds. The molecule has 0 atom stereocenters. The van der Waals surface area contributed by atoms with Crippen molar-refractivity contribution in [2.75, 3.05) is 0 Å². The number of hydrogen-bond donors (Lipinski definition) is 1. The monoisotopic (exact) mass is 380 g/mol. The van der Waals surface area contributed by atoms with Gasteiger partial charge >= 0.3 is 0 Å². The average molecular weight is 381 g/mol. The quantitative estimate of drug-likeness (QED) is 0.531. The van der Waals surface area contributed by atoms with Crippen LogP contribution in [0.15, 0.2) is 54.7 Å². The first-order valence-electron chi connectivity index (χ1n) is 10.3. The summed E-state index contributed by atoms with van der Waals surface area (Å²) in [5.74, 6) is 0. The van der Waals surface area contributed by atoms with E-state index in [4.69, 9.17) is 11.6 Å². The second-order valence-corrected chi connectivity index (χ2v) is 8.29. The van der Waals surface area contributed by atoms with Crippen molar-refractivity contribution in [1.82, 2.24) is 9.88 Å². The van der Waals surface area contributed by atoms with Crippen LogP contribution < -0.4 is 5.32 Å². The maximum absolute atomic E-state index is 6.04. The summed E-state index contributed by atoms with van der Waals surface area (Å²) >= 11 is 6.04. The summed E-state index contributed by atoms with van der Waals surface area (Å²) in [6.07, 6.45) is 11.9. The maximum Gasteiger partial charge on any atom is 0.0486 e. The van der Waals surface area contributed by atoms with E-state index in [0.717, 1.165) is 18.1 Å². The fourth-order valence-corrected chi connectivity index (χ4v) is 4.42. The van der Waals surface area contributed by atoms with Crippen LogP contribution in [-0.2, 0) is 13.1 Å². The van der Waals surface area contributed by atoms with Gasteiger partial charge in [0.05, 0.1) is 0 Å². The van der Waals surface area contributed by atoms with Gasteiger partial charge in [0.25, 0.3) is 0 Å². The van der Waals surface area contributed by atoms with E-state index in [1.54, 1.807) is 0 Å². The van der Waals surface area contributed by atoms with Gasteiger partial charge in [0.2, 0.25) is 0 Å². The molecule has 1 aliphatic carbocycles. The van der Waals surface area contributed by atoms with Gasteiger partial charge in [0.1, 0.15) is 0 Å². The molecule has 2 nitrogen and oxygen atoms in total. The second-order valence-electron chi connectivity index (χ2n) is 7.85. The van der Waals surface area contributed by atoms with Crippen molar-refractivity contribution < 1.29 is 0 Å². The predicted molar refractivity (Wildman–Crippen MR) is 115 cm³/mol. The molecule has 1 saturated carbocycles. The van der Waals surface area contributed by atoms with E-state index >= 15 is 0 Å². The van der Waals surface area contributed by atoms with Crippen LogP contribution in [0.1, 0.15) is 56.1 Å². The summed E-state index contributed by atoms with van der Waals surface area (Å²) < 4.78 is 2.37. The Bertz CT molecular complexity index is 858. The molecule has 1 N–H and O–H groups in total. The number of hydrogen-bond acceptors (Lipinski definition) is 1. The van der Waals surface area contributed by atoms with Gasteiger partial charge in [-0.1, -0.05) is 74.0 Å². The molecule has 27 heavy (non-hydrogen) atoms. The van der Waals surface area contributed by atoms with Crippen LogP contribution in [0, 0.1) is 0 Å². The Morgan fingerprint density at radius 1 is 0.889 bits per heavy atom. The highest BCUT2D eigenvalue weighted by Crippen LogP contribution is 2.24. The van der Waals surface area contributed by atoms with E-state index in [1.165, 1.54) is 67.0 Å². The van der Waals surface area contributed by atoms with Crippen molar-refractivity contribution in [3.05, 3.63) is 70.9 Å². The Hall–Kier alpha value is -1.77. The third kappa shape index (κ3) is 4.75. The Morgan fingerprint density at radius 2 is 1.59 bits per heavy atom. The first-order chi connectivity index (χ1) is 13.3. The largest absolute Gasteiger partial charge is 0.343 e. The van der Waals surface area contributed by atoms with Crippen molar-refractivity contribution in [1.29, 1.82) is 0 Å². The number of nitrogens with one attached hydrogen (secondary N) is 1. The lowest BCUT2D eigenvalue weighted by molar-refractivity contribution is 0.389. The molecule has 2 aromatic carbocycles. The standard InChI is InChI=1S/C24H29ClN2/c25-21-14-12-19(13-15-21)17-27-18-20(23-10-6-7-11-24(23)27)16-26-22-8-4-2-1-3-5-9-22/h6-7,10-15,18,22,26H,1-5,8-9,16-17H2. The zero-order valence-corrected chi connectivity index (χ0v) is 16.7. The molecule has 3 aromatic rings. The molecule has 0 spiro atoms. The fourth-order valence-electron chi connectivity index (χ4n) is 4.30. The number of benzene rings is 2. The van der Waals surface area contributed by atoms with Crippen LogP contribution in [0.2, 0.25) is 5.02 Å². The molecule has 3 heteroatoms. The van der Waals surface area contributed by atoms with Gasteiger partial charge in [-0.15, -0.1) is 0 Å². The molecule has 1 aliphatic rings. The third-order valence-electron chi connectivity index (χ3n) is 5.82. The highest BCUT2D eigenvalue weighted by Gasteiger charge is 2.13. The van der Waals surface area contributed by atoms with E-state index in [9.17, 15) is 0 Å². The normalized spacial score (nSPS) is 16.3. The highest BCUT2D eigenvalue weighted by molar-refractivity contribution is 6.30. The number of rotatable bonds is 5. The van der Waals surface area contributed by atoms with E-state index < -0.39 is 0 Å². The van der Waals surface area contributed by atoms with Gasteiger partial charge in [-0.25, -0.2) is 0 Å². The minimum absolute atomic E-state index is 0.670. The molecule has 1 aromatic heterocycles. The van der Waals surface area contributed by atoms with Crippen molar-refractivity contribution in [3.63, 3.8) is 0 Å². The van der Waals surface area contributed by atoms with Gasteiger partial charge in [0.15, 0.2) is 0 Å². The molecule has 0 bridgehead atoms. The summed E-state index contributed by atoms with van der Waals surface area (Å²) in [6, 6.07) is 17.6. The molecule has 4 rings (SSSR count). The Morgan fingerprint density at radius 3 is 2.37 bits per heavy atom. The molecular weight excluding hydrogens is 352 g/mol. The van der Waals surface area contributed by atoms with Gasteiger partial charge in [-0.2, -0.15) is 0 Å². The minimum Gasteiger partial charge on any atom is -0.343 e. The molecule has 1 heterocycles. The van der Waals surface area contributed by atoms with Gasteiger partial charge in [-0.3, -0.25) is 0 Å². The van der Waals surface area contributed by atoms with E-state index in [0.29, 0.717) is 6.04 Å². The van der Waals surface area contributed by atoms with E-state index in [-0.39, 0.29) is 0 Å². The maximum atomic E-state index is 6.04. The average Bonchev–Trinajstić information content (AvgIpc) is 3.01. The molecule has 0 unspecified atom stereocenters. The number of nitrogens with zero attached hydrogens (tertiary/aromatic N) is 1. The fraction of sp³-hybridized carbons (Fsp3) is 0.417. The topological polar surface area (TPSA) is 17.0 Å². The zero-order chi connectivity index (χ0) is 18.5. The van der Waals surface area contributed by atoms with E-state index in [2.05, 4.69) is 52.5 Å². The summed E-state index contributed by atoms with van der Waals surface area (Å²) in [7, 11) is 0. The Balaban J connectivity index is 1.51. The predicted octanol–water partition coefficient (Wildman–Crippen LogP) is 6.55. The SMILES string of the molecule is Clc1ccc(Cn2cc(CNC3CCCCCCC3)c3ccccc32)cc1. The first kappa shape index (κ1) is 18.6. The van der Waals surface area contributed by atoms with Crippen LogP contribution in [0.3, 0.4) is 0 Å². The Kier molecular flexibility index (Phi) is 6.16. The third-order valence-corrected chi connectivity index (χ3v) is 6.08. The van der Waals surface area contributed by atoms with Crippen molar-refractivity contribution in [3.8, 4) is 0 Å². The highest BCUT2D eigenvalue weighted by atomic mass is 35.5. The van der Waals surface area contributed by atoms with Crippen LogP contribution in [0.4, 0.5) is 0 Å².